The molecule has 0 saturated heterocycles. The lowest BCUT2D eigenvalue weighted by atomic mass is 9.90. The van der Waals surface area contributed by atoms with Crippen LogP contribution in [0.2, 0.25) is 0 Å². The van der Waals surface area contributed by atoms with Gasteiger partial charge in [-0.2, -0.15) is 0 Å². The summed E-state index contributed by atoms with van der Waals surface area (Å²) in [6.07, 6.45) is 7.86. The second-order valence-corrected chi connectivity index (χ2v) is 14.4. The van der Waals surface area contributed by atoms with Crippen LogP contribution in [0, 0.1) is 0 Å². The minimum atomic E-state index is 0.208. The summed E-state index contributed by atoms with van der Waals surface area (Å²) in [5.41, 5.74) is 13.1. The van der Waals surface area contributed by atoms with E-state index in [9.17, 15) is 0 Å². The molecule has 2 aromatic heterocycles. The van der Waals surface area contributed by atoms with Crippen LogP contribution < -0.4 is 4.90 Å². The van der Waals surface area contributed by atoms with E-state index in [4.69, 9.17) is 8.83 Å². The molecular formula is C52H35NO2. The van der Waals surface area contributed by atoms with Crippen LogP contribution in [0.1, 0.15) is 17.9 Å². The monoisotopic (exact) mass is 705 g/mol. The molecule has 1 aliphatic carbocycles. The molecule has 3 nitrogen and oxygen atoms in total. The van der Waals surface area contributed by atoms with Crippen LogP contribution in [0.25, 0.3) is 76.9 Å². The number of hydrogen-bond donors (Lipinski definition) is 0. The number of allylic oxidation sites excluding steroid dienone is 3. The summed E-state index contributed by atoms with van der Waals surface area (Å²) < 4.78 is 12.7. The average molecular weight is 706 g/mol. The van der Waals surface area contributed by atoms with Crippen LogP contribution in [-0.4, -0.2) is 0 Å². The lowest BCUT2D eigenvalue weighted by Crippen LogP contribution is -2.17. The molecule has 2 heterocycles. The van der Waals surface area contributed by atoms with Crippen molar-refractivity contribution in [3.8, 4) is 22.3 Å². The Bertz CT molecular complexity index is 3130. The van der Waals surface area contributed by atoms with Gasteiger partial charge in [-0.1, -0.05) is 140 Å². The molecule has 55 heavy (non-hydrogen) atoms. The Morgan fingerprint density at radius 2 is 1.13 bits per heavy atom. The number of rotatable bonds is 6. The Balaban J connectivity index is 0.976. The molecule has 1 unspecified atom stereocenters. The molecule has 1 aliphatic rings. The number of para-hydroxylation sites is 3. The van der Waals surface area contributed by atoms with E-state index in [2.05, 4.69) is 181 Å². The van der Waals surface area contributed by atoms with E-state index < -0.39 is 0 Å². The predicted molar refractivity (Wildman–Crippen MR) is 229 cm³/mol. The minimum Gasteiger partial charge on any atom is -0.456 e. The Morgan fingerprint density at radius 1 is 0.455 bits per heavy atom. The molecule has 8 aromatic carbocycles. The Kier molecular flexibility index (Phi) is 7.31. The predicted octanol–water partition coefficient (Wildman–Crippen LogP) is 14.7. The van der Waals surface area contributed by atoms with Crippen molar-refractivity contribution in [2.45, 2.75) is 12.3 Å². The van der Waals surface area contributed by atoms with Gasteiger partial charge in [0.15, 0.2) is 0 Å². The van der Waals surface area contributed by atoms with Gasteiger partial charge in [-0.05, 0) is 94.1 Å². The molecule has 0 N–H and O–H groups in total. The first-order valence-electron chi connectivity index (χ1n) is 18.9. The Morgan fingerprint density at radius 3 is 1.96 bits per heavy atom. The number of hydrogen-bond acceptors (Lipinski definition) is 3. The van der Waals surface area contributed by atoms with E-state index in [0.29, 0.717) is 0 Å². The molecule has 3 heteroatoms. The van der Waals surface area contributed by atoms with Crippen molar-refractivity contribution in [2.24, 2.45) is 0 Å². The lowest BCUT2D eigenvalue weighted by molar-refractivity contribution is 0.657. The summed E-state index contributed by atoms with van der Waals surface area (Å²) in [5, 5.41) is 7.06. The molecule has 0 saturated carbocycles. The van der Waals surface area contributed by atoms with E-state index >= 15 is 0 Å². The summed E-state index contributed by atoms with van der Waals surface area (Å²) in [4.78, 5) is 2.38. The van der Waals surface area contributed by atoms with Crippen molar-refractivity contribution < 1.29 is 8.83 Å². The SMILES string of the molecule is C1=CC(c2cccc3c2oc2ccccc23)CC=C1N(c1ccc(-c2ccc3ccc4oc5ccccc5c4c3c2)cc1)c1cccc(-c2ccccc2)c1. The highest BCUT2D eigenvalue weighted by atomic mass is 16.3. The summed E-state index contributed by atoms with van der Waals surface area (Å²) in [6.45, 7) is 0. The minimum absolute atomic E-state index is 0.208. The second kappa shape index (κ2) is 12.8. The molecule has 0 spiro atoms. The molecule has 11 rings (SSSR count). The molecule has 0 aliphatic heterocycles. The number of anilines is 2. The first-order valence-corrected chi connectivity index (χ1v) is 18.9. The van der Waals surface area contributed by atoms with Crippen molar-refractivity contribution in [3.05, 3.63) is 205 Å². The highest BCUT2D eigenvalue weighted by molar-refractivity contribution is 6.19. The molecule has 0 fully saturated rings. The van der Waals surface area contributed by atoms with Crippen molar-refractivity contribution in [1.29, 1.82) is 0 Å². The van der Waals surface area contributed by atoms with Crippen LogP contribution in [-0.2, 0) is 0 Å². The Hall–Kier alpha value is -7.10. The number of furan rings is 2. The van der Waals surface area contributed by atoms with Gasteiger partial charge in [0.2, 0.25) is 0 Å². The maximum Gasteiger partial charge on any atom is 0.139 e. The third-order valence-corrected chi connectivity index (χ3v) is 11.2. The highest BCUT2D eigenvalue weighted by Crippen LogP contribution is 2.41. The third-order valence-electron chi connectivity index (χ3n) is 11.2. The topological polar surface area (TPSA) is 29.5 Å². The molecular weight excluding hydrogens is 671 g/mol. The first-order chi connectivity index (χ1) is 27.2. The van der Waals surface area contributed by atoms with Crippen LogP contribution in [0.15, 0.2) is 209 Å². The van der Waals surface area contributed by atoms with Crippen molar-refractivity contribution in [2.75, 3.05) is 4.90 Å². The van der Waals surface area contributed by atoms with Gasteiger partial charge in [0, 0.05) is 50.1 Å². The molecule has 1 atom stereocenters. The van der Waals surface area contributed by atoms with Crippen molar-refractivity contribution >= 4 is 66.0 Å². The van der Waals surface area contributed by atoms with Crippen molar-refractivity contribution in [1.82, 2.24) is 0 Å². The molecule has 10 aromatic rings. The van der Waals surface area contributed by atoms with Gasteiger partial charge in [0.05, 0.1) is 0 Å². The molecule has 0 amide bonds. The van der Waals surface area contributed by atoms with E-state index in [0.717, 1.165) is 56.6 Å². The number of nitrogens with zero attached hydrogens (tertiary/aromatic N) is 1. The van der Waals surface area contributed by atoms with Gasteiger partial charge in [-0.15, -0.1) is 0 Å². The maximum absolute atomic E-state index is 6.44. The molecule has 0 radical (unpaired) electrons. The standard InChI is InChI=1S/C52H35NO2/c1-2-10-34(11-3-1)38-12-8-13-42(32-38)53(41-29-24-36(25-30-41)43-16-9-17-45-44-14-4-6-18-48(44)55-52(43)45)40-27-22-35(23-28-40)39-21-20-37-26-31-50-51(47(37)33-39)46-15-5-7-19-49(46)54-50/h1-24,26-33,36H,25H2. The van der Waals surface area contributed by atoms with Gasteiger partial charge in [0.25, 0.3) is 0 Å². The fourth-order valence-electron chi connectivity index (χ4n) is 8.49. The molecule has 0 bridgehead atoms. The normalized spacial score (nSPS) is 14.3. The largest absolute Gasteiger partial charge is 0.456 e. The zero-order valence-electron chi connectivity index (χ0n) is 30.0. The van der Waals surface area contributed by atoms with Crippen LogP contribution >= 0.6 is 0 Å². The van der Waals surface area contributed by atoms with Crippen LogP contribution in [0.4, 0.5) is 11.4 Å². The zero-order chi connectivity index (χ0) is 36.3. The first kappa shape index (κ1) is 31.4. The van der Waals surface area contributed by atoms with E-state index in [1.807, 2.05) is 18.2 Å². The van der Waals surface area contributed by atoms with Gasteiger partial charge in [-0.25, -0.2) is 0 Å². The van der Waals surface area contributed by atoms with E-state index in [-0.39, 0.29) is 5.92 Å². The third kappa shape index (κ3) is 5.35. The summed E-state index contributed by atoms with van der Waals surface area (Å²) in [5.74, 6) is 0.208. The molecule has 260 valence electrons. The fourth-order valence-corrected chi connectivity index (χ4v) is 8.49. The smallest absolute Gasteiger partial charge is 0.139 e. The number of benzene rings is 8. The van der Waals surface area contributed by atoms with Crippen LogP contribution in [0.5, 0.6) is 0 Å². The van der Waals surface area contributed by atoms with Crippen LogP contribution in [0.3, 0.4) is 0 Å². The summed E-state index contributed by atoms with van der Waals surface area (Å²) >= 11 is 0. The van der Waals surface area contributed by atoms with Gasteiger partial charge < -0.3 is 13.7 Å². The van der Waals surface area contributed by atoms with Crippen molar-refractivity contribution in [3.63, 3.8) is 0 Å². The highest BCUT2D eigenvalue weighted by Gasteiger charge is 2.22. The second-order valence-electron chi connectivity index (χ2n) is 14.4. The van der Waals surface area contributed by atoms with Gasteiger partial charge >= 0.3 is 0 Å². The summed E-state index contributed by atoms with van der Waals surface area (Å²) in [6, 6.07) is 62.6. The quantitative estimate of drug-likeness (QED) is 0.172. The zero-order valence-corrected chi connectivity index (χ0v) is 30.0. The fraction of sp³-hybridized carbons (Fsp3) is 0.0385. The van der Waals surface area contributed by atoms with E-state index in [1.165, 1.54) is 49.4 Å². The maximum atomic E-state index is 6.44. The van der Waals surface area contributed by atoms with E-state index in [1.54, 1.807) is 0 Å². The average Bonchev–Trinajstić information content (AvgIpc) is 3.84. The Labute approximate surface area is 318 Å². The van der Waals surface area contributed by atoms with Gasteiger partial charge in [-0.3, -0.25) is 0 Å². The number of fused-ring (bicyclic) bond motifs is 8. The lowest BCUT2D eigenvalue weighted by Gasteiger charge is -2.29. The van der Waals surface area contributed by atoms with Gasteiger partial charge in [0.1, 0.15) is 22.3 Å². The summed E-state index contributed by atoms with van der Waals surface area (Å²) in [7, 11) is 0.